The second-order valence-corrected chi connectivity index (χ2v) is 5.25. The van der Waals surface area contributed by atoms with E-state index in [2.05, 4.69) is 52.1 Å². The van der Waals surface area contributed by atoms with Gasteiger partial charge in [0.1, 0.15) is 0 Å². The lowest BCUT2D eigenvalue weighted by atomic mass is 9.84. The summed E-state index contributed by atoms with van der Waals surface area (Å²) in [4.78, 5) is 2.20. The minimum Gasteiger partial charge on any atom is -0.365 e. The van der Waals surface area contributed by atoms with E-state index in [0.717, 1.165) is 11.4 Å². The van der Waals surface area contributed by atoms with Gasteiger partial charge < -0.3 is 4.90 Å². The van der Waals surface area contributed by atoms with E-state index in [1.807, 2.05) is 0 Å². The molecule has 2 rings (SSSR count). The van der Waals surface area contributed by atoms with Crippen molar-refractivity contribution in [3.63, 3.8) is 0 Å². The van der Waals surface area contributed by atoms with Crippen LogP contribution in [0.4, 0.5) is 5.69 Å². The number of alkyl halides is 1. The van der Waals surface area contributed by atoms with Gasteiger partial charge in [0.25, 0.3) is 0 Å². The first kappa shape index (κ1) is 12.0. The minimum absolute atomic E-state index is 0.817. The van der Waals surface area contributed by atoms with Crippen molar-refractivity contribution < 1.29 is 0 Å². The van der Waals surface area contributed by atoms with E-state index >= 15 is 0 Å². The summed E-state index contributed by atoms with van der Waals surface area (Å²) in [7, 11) is 2.10. The molecular formula is C14H20BrN. The molecule has 1 aromatic carbocycles. The molecule has 0 unspecified atom stereocenters. The van der Waals surface area contributed by atoms with Crippen molar-refractivity contribution in [1.82, 2.24) is 0 Å². The molecule has 16 heavy (non-hydrogen) atoms. The Hall–Kier alpha value is -0.500. The quantitative estimate of drug-likeness (QED) is 0.582. The van der Waals surface area contributed by atoms with Crippen LogP contribution in [-0.2, 0) is 0 Å². The van der Waals surface area contributed by atoms with Crippen LogP contribution in [0.25, 0.3) is 0 Å². The zero-order chi connectivity index (χ0) is 11.4. The molecule has 0 aliphatic heterocycles. The average Bonchev–Trinajstić information content (AvgIpc) is 2.39. The Balaban J connectivity index is 2.06. The van der Waals surface area contributed by atoms with Crippen LogP contribution < -0.4 is 4.90 Å². The summed E-state index contributed by atoms with van der Waals surface area (Å²) in [6.07, 6.45) is 7.02. The number of anilines is 1. The number of halogens is 1. The fraction of sp³-hybridized carbons (Fsp3) is 0.571. The van der Waals surface area contributed by atoms with Gasteiger partial charge in [-0.05, 0) is 36.5 Å². The van der Waals surface area contributed by atoms with E-state index in [9.17, 15) is 0 Å². The molecule has 1 aliphatic carbocycles. The lowest BCUT2D eigenvalue weighted by Crippen LogP contribution is -2.13. The summed E-state index contributed by atoms with van der Waals surface area (Å²) < 4.78 is 0. The molecule has 1 aromatic rings. The Kier molecular flexibility index (Phi) is 4.28. The van der Waals surface area contributed by atoms with E-state index in [1.54, 1.807) is 0 Å². The van der Waals surface area contributed by atoms with Gasteiger partial charge in [-0.2, -0.15) is 0 Å². The topological polar surface area (TPSA) is 3.24 Å². The van der Waals surface area contributed by atoms with Crippen molar-refractivity contribution in [2.45, 2.75) is 38.0 Å². The largest absolute Gasteiger partial charge is 0.365 e. The molecule has 0 radical (unpaired) electrons. The molecule has 1 saturated carbocycles. The molecule has 0 spiro atoms. The summed E-state index contributed by atoms with van der Waals surface area (Å²) in [6, 6.07) is 9.10. The van der Waals surface area contributed by atoms with Gasteiger partial charge in [-0.15, -0.1) is 0 Å². The third kappa shape index (κ3) is 2.79. The van der Waals surface area contributed by atoms with Crippen molar-refractivity contribution in [2.75, 3.05) is 17.4 Å². The van der Waals surface area contributed by atoms with Crippen LogP contribution in [0.15, 0.2) is 24.3 Å². The van der Waals surface area contributed by atoms with Crippen LogP contribution >= 0.6 is 15.9 Å². The van der Waals surface area contributed by atoms with Crippen LogP contribution in [0, 0.1) is 0 Å². The van der Waals surface area contributed by atoms with E-state index in [0.29, 0.717) is 0 Å². The predicted molar refractivity (Wildman–Crippen MR) is 74.5 cm³/mol. The van der Waals surface area contributed by atoms with E-state index < -0.39 is 0 Å². The zero-order valence-corrected chi connectivity index (χ0v) is 11.5. The number of hydrogen-bond donors (Lipinski definition) is 0. The first-order valence-electron chi connectivity index (χ1n) is 6.18. The van der Waals surface area contributed by atoms with Gasteiger partial charge in [-0.1, -0.05) is 47.3 Å². The monoisotopic (exact) mass is 281 g/mol. The summed E-state index contributed by atoms with van der Waals surface area (Å²) in [5, 5.41) is 0. The fourth-order valence-electron chi connectivity index (χ4n) is 2.51. The van der Waals surface area contributed by atoms with E-state index in [1.165, 1.54) is 43.4 Å². The average molecular weight is 282 g/mol. The second-order valence-electron chi connectivity index (χ2n) is 4.74. The molecule has 1 nitrogen and oxygen atoms in total. The molecule has 0 amide bonds. The highest BCUT2D eigenvalue weighted by Crippen LogP contribution is 2.33. The third-order valence-electron chi connectivity index (χ3n) is 3.59. The Morgan fingerprint density at radius 2 is 1.75 bits per heavy atom. The molecule has 1 fully saturated rings. The number of hydrogen-bond acceptors (Lipinski definition) is 1. The molecule has 0 aromatic heterocycles. The standard InChI is InChI=1S/C14H20BrN/c1-16(11-15)14-9-7-13(8-10-14)12-5-3-2-4-6-12/h7-10,12H,2-6,11H2,1H3. The van der Waals surface area contributed by atoms with E-state index in [-0.39, 0.29) is 0 Å². The van der Waals surface area contributed by atoms with Crippen molar-refractivity contribution in [2.24, 2.45) is 0 Å². The number of nitrogens with zero attached hydrogens (tertiary/aromatic N) is 1. The molecule has 0 bridgehead atoms. The first-order chi connectivity index (χ1) is 7.81. The normalized spacial score (nSPS) is 17.4. The van der Waals surface area contributed by atoms with Crippen LogP contribution in [0.5, 0.6) is 0 Å². The Morgan fingerprint density at radius 1 is 1.12 bits per heavy atom. The molecule has 88 valence electrons. The fourth-order valence-corrected chi connectivity index (χ4v) is 2.80. The van der Waals surface area contributed by atoms with Gasteiger partial charge >= 0.3 is 0 Å². The predicted octanol–water partition coefficient (Wildman–Crippen LogP) is 4.52. The van der Waals surface area contributed by atoms with Crippen LogP contribution in [-0.4, -0.2) is 12.5 Å². The zero-order valence-electron chi connectivity index (χ0n) is 9.95. The van der Waals surface area contributed by atoms with Gasteiger partial charge in [-0.25, -0.2) is 0 Å². The number of benzene rings is 1. The maximum Gasteiger partial charge on any atom is 0.0732 e. The van der Waals surface area contributed by atoms with Crippen molar-refractivity contribution >= 4 is 21.6 Å². The Morgan fingerprint density at radius 3 is 2.31 bits per heavy atom. The van der Waals surface area contributed by atoms with E-state index in [4.69, 9.17) is 0 Å². The highest BCUT2D eigenvalue weighted by Gasteiger charge is 2.15. The van der Waals surface area contributed by atoms with Crippen LogP contribution in [0.1, 0.15) is 43.6 Å². The maximum atomic E-state index is 3.47. The van der Waals surface area contributed by atoms with Crippen molar-refractivity contribution in [3.8, 4) is 0 Å². The second kappa shape index (κ2) is 5.72. The van der Waals surface area contributed by atoms with Gasteiger partial charge in [0.2, 0.25) is 0 Å². The van der Waals surface area contributed by atoms with Gasteiger partial charge in [0.15, 0.2) is 0 Å². The third-order valence-corrected chi connectivity index (χ3v) is 4.34. The van der Waals surface area contributed by atoms with Gasteiger partial charge in [-0.3, -0.25) is 0 Å². The smallest absolute Gasteiger partial charge is 0.0732 e. The Bertz CT molecular complexity index is 314. The summed E-state index contributed by atoms with van der Waals surface area (Å²) in [5.74, 6) is 0.817. The molecule has 1 aliphatic rings. The van der Waals surface area contributed by atoms with Gasteiger partial charge in [0.05, 0.1) is 5.45 Å². The first-order valence-corrected chi connectivity index (χ1v) is 7.30. The maximum absolute atomic E-state index is 3.47. The van der Waals surface area contributed by atoms with Crippen molar-refractivity contribution in [3.05, 3.63) is 29.8 Å². The molecule has 0 saturated heterocycles. The minimum atomic E-state index is 0.817. The summed E-state index contributed by atoms with van der Waals surface area (Å²) in [5.41, 5.74) is 3.71. The van der Waals surface area contributed by atoms with Crippen LogP contribution in [0.3, 0.4) is 0 Å². The number of rotatable bonds is 3. The Labute approximate surface area is 107 Å². The molecule has 0 atom stereocenters. The van der Waals surface area contributed by atoms with Crippen LogP contribution in [0.2, 0.25) is 0 Å². The van der Waals surface area contributed by atoms with Crippen molar-refractivity contribution in [1.29, 1.82) is 0 Å². The summed E-state index contributed by atoms with van der Waals surface area (Å²) >= 11 is 3.47. The lowest BCUT2D eigenvalue weighted by molar-refractivity contribution is 0.443. The highest BCUT2D eigenvalue weighted by molar-refractivity contribution is 9.09. The molecule has 0 N–H and O–H groups in total. The molecule has 2 heteroatoms. The molecular weight excluding hydrogens is 262 g/mol. The van der Waals surface area contributed by atoms with Gasteiger partial charge in [0, 0.05) is 12.7 Å². The highest BCUT2D eigenvalue weighted by atomic mass is 79.9. The lowest BCUT2D eigenvalue weighted by Gasteiger charge is -2.23. The molecule has 0 heterocycles. The SMILES string of the molecule is CN(CBr)c1ccc(C2CCCCC2)cc1. The summed E-state index contributed by atoms with van der Waals surface area (Å²) in [6.45, 7) is 0.